The highest BCUT2D eigenvalue weighted by Gasteiger charge is 2.23. The number of carbonyl (C=O) groups is 3. The van der Waals surface area contributed by atoms with Crippen LogP contribution in [0.15, 0.2) is 36.4 Å². The molecule has 1 atom stereocenters. The Bertz CT molecular complexity index is 888. The summed E-state index contributed by atoms with van der Waals surface area (Å²) >= 11 is 0. The third-order valence-corrected chi connectivity index (χ3v) is 4.45. The number of carbonyl (C=O) groups excluding carboxylic acids is 2. The van der Waals surface area contributed by atoms with Crippen LogP contribution in [0.5, 0.6) is 5.75 Å². The molecule has 0 aliphatic heterocycles. The highest BCUT2D eigenvalue weighted by molar-refractivity contribution is 5.95. The molecule has 0 radical (unpaired) electrons. The van der Waals surface area contributed by atoms with E-state index in [0.717, 1.165) is 11.1 Å². The number of benzene rings is 2. The number of nitrogens with one attached hydrogen (secondary N) is 1. The van der Waals surface area contributed by atoms with Gasteiger partial charge in [-0.1, -0.05) is 18.2 Å². The normalized spacial score (nSPS) is 11.6. The Kier molecular flexibility index (Phi) is 6.34. The van der Waals surface area contributed by atoms with E-state index in [-0.39, 0.29) is 12.2 Å². The van der Waals surface area contributed by atoms with Crippen LogP contribution in [0.3, 0.4) is 0 Å². The molecule has 0 saturated carbocycles. The van der Waals surface area contributed by atoms with Gasteiger partial charge in [-0.3, -0.25) is 9.59 Å². The fourth-order valence-corrected chi connectivity index (χ4v) is 2.75. The minimum Gasteiger partial charge on any atom is -0.496 e. The highest BCUT2D eigenvalue weighted by Crippen LogP contribution is 2.22. The van der Waals surface area contributed by atoms with E-state index in [4.69, 9.17) is 4.74 Å². The summed E-state index contributed by atoms with van der Waals surface area (Å²) in [5.41, 5.74) is 3.47. The van der Waals surface area contributed by atoms with Crippen molar-refractivity contribution in [1.29, 1.82) is 0 Å². The van der Waals surface area contributed by atoms with Crippen LogP contribution in [0.4, 0.5) is 0 Å². The molecule has 0 aromatic heterocycles. The third-order valence-electron chi connectivity index (χ3n) is 4.45. The summed E-state index contributed by atoms with van der Waals surface area (Å²) in [5, 5.41) is 12.1. The predicted molar refractivity (Wildman–Crippen MR) is 101 cm³/mol. The van der Waals surface area contributed by atoms with E-state index in [2.05, 4.69) is 5.32 Å². The van der Waals surface area contributed by atoms with Gasteiger partial charge in [0.05, 0.1) is 13.5 Å². The summed E-state index contributed by atoms with van der Waals surface area (Å²) in [5.74, 6) is -1.28. The van der Waals surface area contributed by atoms with E-state index in [0.29, 0.717) is 22.4 Å². The Balaban J connectivity index is 2.24. The van der Waals surface area contributed by atoms with Crippen molar-refractivity contribution >= 4 is 17.7 Å². The topological polar surface area (TPSA) is 92.7 Å². The summed E-state index contributed by atoms with van der Waals surface area (Å²) in [6.45, 7) is 5.26. The molecule has 0 heterocycles. The average Bonchev–Trinajstić information content (AvgIpc) is 2.61. The number of rotatable bonds is 7. The van der Waals surface area contributed by atoms with Crippen LogP contribution < -0.4 is 10.1 Å². The summed E-state index contributed by atoms with van der Waals surface area (Å²) in [4.78, 5) is 35.7. The Hall–Kier alpha value is -3.15. The number of carboxylic acid groups (broad SMARTS) is 1. The molecule has 1 amide bonds. The van der Waals surface area contributed by atoms with Crippen LogP contribution in [0.25, 0.3) is 0 Å². The van der Waals surface area contributed by atoms with Crippen molar-refractivity contribution < 1.29 is 24.2 Å². The van der Waals surface area contributed by atoms with Crippen molar-refractivity contribution in [2.75, 3.05) is 7.11 Å². The summed E-state index contributed by atoms with van der Waals surface area (Å²) in [6, 6.07) is 8.95. The molecule has 1 unspecified atom stereocenters. The zero-order valence-corrected chi connectivity index (χ0v) is 15.8. The van der Waals surface area contributed by atoms with E-state index < -0.39 is 17.9 Å². The number of aliphatic carboxylic acids is 1. The van der Waals surface area contributed by atoms with Gasteiger partial charge >= 0.3 is 5.97 Å². The second-order valence-corrected chi connectivity index (χ2v) is 6.44. The second kappa shape index (κ2) is 8.49. The van der Waals surface area contributed by atoms with Crippen LogP contribution >= 0.6 is 0 Å². The molecule has 0 spiro atoms. The molecule has 2 N–H and O–H groups in total. The van der Waals surface area contributed by atoms with E-state index in [9.17, 15) is 19.5 Å². The second-order valence-electron chi connectivity index (χ2n) is 6.44. The number of carboxylic acids is 1. The quantitative estimate of drug-likeness (QED) is 0.732. The van der Waals surface area contributed by atoms with Crippen molar-refractivity contribution in [3.05, 3.63) is 64.2 Å². The van der Waals surface area contributed by atoms with Crippen LogP contribution in [0, 0.1) is 13.8 Å². The Morgan fingerprint density at radius 2 is 1.78 bits per heavy atom. The molecule has 142 valence electrons. The number of ether oxygens (including phenoxy) is 1. The first-order valence-electron chi connectivity index (χ1n) is 8.50. The molecule has 0 aliphatic carbocycles. The van der Waals surface area contributed by atoms with Gasteiger partial charge in [0.1, 0.15) is 5.75 Å². The molecular weight excluding hydrogens is 346 g/mol. The first-order chi connectivity index (χ1) is 12.7. The van der Waals surface area contributed by atoms with Gasteiger partial charge < -0.3 is 15.2 Å². The fraction of sp³-hybridized carbons (Fsp3) is 0.286. The SMILES string of the molecule is COc1ccc(C(C)=O)cc1CC(=O)NC(C(=O)O)c1ccc(C)c(C)c1. The van der Waals surface area contributed by atoms with Crippen molar-refractivity contribution in [2.24, 2.45) is 0 Å². The lowest BCUT2D eigenvalue weighted by Crippen LogP contribution is -2.34. The smallest absolute Gasteiger partial charge is 0.330 e. The average molecular weight is 369 g/mol. The van der Waals surface area contributed by atoms with Crippen LogP contribution in [-0.4, -0.2) is 29.9 Å². The molecule has 2 rings (SSSR count). The Labute approximate surface area is 158 Å². The number of hydrogen-bond donors (Lipinski definition) is 2. The lowest BCUT2D eigenvalue weighted by atomic mass is 10.00. The third kappa shape index (κ3) is 4.94. The monoisotopic (exact) mass is 369 g/mol. The molecule has 27 heavy (non-hydrogen) atoms. The van der Waals surface area contributed by atoms with E-state index >= 15 is 0 Å². The minimum absolute atomic E-state index is 0.0983. The number of Topliss-reactive ketones (excluding diaryl/α,β-unsaturated/α-hetero) is 1. The van der Waals surface area contributed by atoms with Gasteiger partial charge in [0.25, 0.3) is 0 Å². The fourth-order valence-electron chi connectivity index (χ4n) is 2.75. The lowest BCUT2D eigenvalue weighted by molar-refractivity contribution is -0.142. The van der Waals surface area contributed by atoms with E-state index in [1.165, 1.54) is 14.0 Å². The number of ketones is 1. The molecule has 0 saturated heterocycles. The van der Waals surface area contributed by atoms with Crippen molar-refractivity contribution in [3.63, 3.8) is 0 Å². The molecule has 6 nitrogen and oxygen atoms in total. The van der Waals surface area contributed by atoms with Crippen LogP contribution in [-0.2, 0) is 16.0 Å². The van der Waals surface area contributed by atoms with E-state index in [1.807, 2.05) is 19.9 Å². The first-order valence-corrected chi connectivity index (χ1v) is 8.50. The molecule has 2 aromatic carbocycles. The van der Waals surface area contributed by atoms with Gasteiger partial charge in [0.15, 0.2) is 11.8 Å². The van der Waals surface area contributed by atoms with Gasteiger partial charge in [-0.05, 0) is 55.7 Å². The van der Waals surface area contributed by atoms with E-state index in [1.54, 1.807) is 30.3 Å². The maximum Gasteiger partial charge on any atom is 0.330 e. The molecule has 0 bridgehead atoms. The summed E-state index contributed by atoms with van der Waals surface area (Å²) in [7, 11) is 1.47. The lowest BCUT2D eigenvalue weighted by Gasteiger charge is -2.17. The molecular formula is C21H23NO5. The minimum atomic E-state index is -1.15. The number of amides is 1. The maximum absolute atomic E-state index is 12.5. The molecule has 0 fully saturated rings. The molecule has 2 aromatic rings. The number of aryl methyl sites for hydroxylation is 2. The zero-order valence-electron chi connectivity index (χ0n) is 15.8. The largest absolute Gasteiger partial charge is 0.496 e. The van der Waals surface area contributed by atoms with Crippen LogP contribution in [0.2, 0.25) is 0 Å². The van der Waals surface area contributed by atoms with Crippen LogP contribution in [0.1, 0.15) is 45.6 Å². The van der Waals surface area contributed by atoms with Crippen molar-refractivity contribution in [3.8, 4) is 5.75 Å². The van der Waals surface area contributed by atoms with Crippen molar-refractivity contribution in [2.45, 2.75) is 33.2 Å². The van der Waals surface area contributed by atoms with Gasteiger partial charge in [0.2, 0.25) is 5.91 Å². The molecule has 0 aliphatic rings. The molecule has 6 heteroatoms. The Morgan fingerprint density at radius 3 is 2.33 bits per heavy atom. The van der Waals surface area contributed by atoms with Gasteiger partial charge in [0, 0.05) is 11.1 Å². The highest BCUT2D eigenvalue weighted by atomic mass is 16.5. The summed E-state index contributed by atoms with van der Waals surface area (Å²) in [6.07, 6.45) is -0.0983. The number of hydrogen-bond acceptors (Lipinski definition) is 4. The number of methoxy groups -OCH3 is 1. The maximum atomic E-state index is 12.5. The van der Waals surface area contributed by atoms with Gasteiger partial charge in [-0.2, -0.15) is 0 Å². The Morgan fingerprint density at radius 1 is 1.07 bits per heavy atom. The van der Waals surface area contributed by atoms with Crippen molar-refractivity contribution in [1.82, 2.24) is 5.32 Å². The first kappa shape index (κ1) is 20.2. The zero-order chi connectivity index (χ0) is 20.1. The summed E-state index contributed by atoms with van der Waals surface area (Å²) < 4.78 is 5.24. The van der Waals surface area contributed by atoms with Gasteiger partial charge in [-0.15, -0.1) is 0 Å². The standard InChI is InChI=1S/C21H23NO5/c1-12-5-6-16(9-13(12)2)20(21(25)26)22-19(24)11-17-10-15(14(3)23)7-8-18(17)27-4/h5-10,20H,11H2,1-4H3,(H,22,24)(H,25,26). The predicted octanol–water partition coefficient (Wildman–Crippen LogP) is 3.00. The van der Waals surface area contributed by atoms with Gasteiger partial charge in [-0.25, -0.2) is 4.79 Å².